The zero-order chi connectivity index (χ0) is 20.1. The van der Waals surface area contributed by atoms with Gasteiger partial charge in [-0.3, -0.25) is 9.59 Å². The number of furan rings is 2. The first-order valence-corrected chi connectivity index (χ1v) is 8.73. The summed E-state index contributed by atoms with van der Waals surface area (Å²) in [6, 6.07) is 11.1. The molecule has 146 valence electrons. The Bertz CT molecular complexity index is 943. The zero-order valence-electron chi connectivity index (χ0n) is 15.4. The molecular weight excluding hydrogens is 364 g/mol. The van der Waals surface area contributed by atoms with E-state index < -0.39 is 36.5 Å². The van der Waals surface area contributed by atoms with Crippen molar-refractivity contribution in [1.82, 2.24) is 10.6 Å². The second-order valence-electron chi connectivity index (χ2n) is 6.26. The fourth-order valence-electron chi connectivity index (χ4n) is 2.57. The Balaban J connectivity index is 1.46. The van der Waals surface area contributed by atoms with Crippen LogP contribution in [0, 0.1) is 0 Å². The van der Waals surface area contributed by atoms with E-state index in [1.54, 1.807) is 13.0 Å². The van der Waals surface area contributed by atoms with E-state index in [1.807, 2.05) is 30.3 Å². The van der Waals surface area contributed by atoms with Gasteiger partial charge < -0.3 is 24.2 Å². The minimum atomic E-state index is -0.932. The van der Waals surface area contributed by atoms with Crippen LogP contribution < -0.4 is 10.6 Å². The van der Waals surface area contributed by atoms with Crippen LogP contribution in [0.3, 0.4) is 0 Å². The van der Waals surface area contributed by atoms with Gasteiger partial charge >= 0.3 is 5.97 Å². The standard InChI is InChI=1S/C20H20N2O6/c1-12(17-10-14-6-3-4-7-15(14)28-17)21-18(23)11-27-20(25)13(2)22-19(24)16-8-5-9-26-16/h3-10,12-13H,11H2,1-2H3,(H,21,23)(H,22,24)/t12-,13-/m0/s1. The third-order valence-electron chi connectivity index (χ3n) is 4.04. The molecule has 0 aliphatic rings. The molecule has 0 bridgehead atoms. The highest BCUT2D eigenvalue weighted by molar-refractivity contribution is 5.94. The largest absolute Gasteiger partial charge is 0.459 e. The maximum atomic E-state index is 12.0. The molecule has 8 heteroatoms. The van der Waals surface area contributed by atoms with Gasteiger partial charge in [0, 0.05) is 5.39 Å². The average Bonchev–Trinajstić information content (AvgIpc) is 3.35. The molecule has 3 rings (SSSR count). The van der Waals surface area contributed by atoms with E-state index >= 15 is 0 Å². The van der Waals surface area contributed by atoms with E-state index in [2.05, 4.69) is 10.6 Å². The fourth-order valence-corrected chi connectivity index (χ4v) is 2.57. The molecule has 8 nitrogen and oxygen atoms in total. The van der Waals surface area contributed by atoms with Crippen LogP contribution in [0.1, 0.15) is 36.2 Å². The molecule has 2 N–H and O–H groups in total. The number of para-hydroxylation sites is 1. The van der Waals surface area contributed by atoms with Crippen molar-refractivity contribution in [3.05, 3.63) is 60.2 Å². The number of esters is 1. The Morgan fingerprint density at radius 1 is 1.07 bits per heavy atom. The normalized spacial score (nSPS) is 12.9. The van der Waals surface area contributed by atoms with Crippen LogP contribution in [0.25, 0.3) is 11.0 Å². The molecule has 0 aliphatic carbocycles. The summed E-state index contributed by atoms with van der Waals surface area (Å²) in [5.41, 5.74) is 0.728. The Hall–Kier alpha value is -3.55. The SMILES string of the molecule is C[C@H](NC(=O)c1ccco1)C(=O)OCC(=O)N[C@@H](C)c1cc2ccccc2o1. The summed E-state index contributed by atoms with van der Waals surface area (Å²) in [6.45, 7) is 2.76. The number of rotatable bonds is 7. The van der Waals surface area contributed by atoms with Gasteiger partial charge in [-0.05, 0) is 38.1 Å². The molecular formula is C20H20N2O6. The van der Waals surface area contributed by atoms with Gasteiger partial charge in [-0.15, -0.1) is 0 Å². The number of amides is 2. The number of ether oxygens (including phenoxy) is 1. The van der Waals surface area contributed by atoms with Gasteiger partial charge in [0.25, 0.3) is 11.8 Å². The topological polar surface area (TPSA) is 111 Å². The van der Waals surface area contributed by atoms with Gasteiger partial charge in [0.15, 0.2) is 12.4 Å². The second kappa shape index (κ2) is 8.43. The van der Waals surface area contributed by atoms with Crippen molar-refractivity contribution in [2.75, 3.05) is 6.61 Å². The molecule has 2 heterocycles. The fraction of sp³-hybridized carbons (Fsp3) is 0.250. The number of nitrogens with one attached hydrogen (secondary N) is 2. The van der Waals surface area contributed by atoms with Crippen LogP contribution in [0.2, 0.25) is 0 Å². The minimum Gasteiger partial charge on any atom is -0.459 e. The molecule has 28 heavy (non-hydrogen) atoms. The molecule has 2 atom stereocenters. The highest BCUT2D eigenvalue weighted by Crippen LogP contribution is 2.23. The van der Waals surface area contributed by atoms with E-state index in [1.165, 1.54) is 19.3 Å². The van der Waals surface area contributed by atoms with E-state index in [-0.39, 0.29) is 5.76 Å². The van der Waals surface area contributed by atoms with E-state index in [0.29, 0.717) is 5.76 Å². The van der Waals surface area contributed by atoms with Crippen molar-refractivity contribution < 1.29 is 28.0 Å². The van der Waals surface area contributed by atoms with Gasteiger partial charge in [0.2, 0.25) is 0 Å². The summed E-state index contributed by atoms with van der Waals surface area (Å²) in [5, 5.41) is 6.07. The molecule has 0 fully saturated rings. The number of benzene rings is 1. The summed E-state index contributed by atoms with van der Waals surface area (Å²) >= 11 is 0. The van der Waals surface area contributed by atoms with Crippen molar-refractivity contribution in [2.24, 2.45) is 0 Å². The summed E-state index contributed by atoms with van der Waals surface area (Å²) < 4.78 is 15.6. The predicted molar refractivity (Wildman–Crippen MR) is 99.4 cm³/mol. The third kappa shape index (κ3) is 4.59. The summed E-state index contributed by atoms with van der Waals surface area (Å²) in [5.74, 6) is -1.08. The summed E-state index contributed by atoms with van der Waals surface area (Å²) in [7, 11) is 0. The zero-order valence-corrected chi connectivity index (χ0v) is 15.4. The predicted octanol–water partition coefficient (Wildman–Crippen LogP) is 2.56. The highest BCUT2D eigenvalue weighted by atomic mass is 16.5. The molecule has 1 aromatic carbocycles. The number of carbonyl (C=O) groups excluding carboxylic acids is 3. The molecule has 2 amide bonds. The molecule has 0 aliphatic heterocycles. The van der Waals surface area contributed by atoms with Gasteiger partial charge in [-0.2, -0.15) is 0 Å². The lowest BCUT2D eigenvalue weighted by atomic mass is 10.2. The van der Waals surface area contributed by atoms with E-state index in [0.717, 1.165) is 11.0 Å². The lowest BCUT2D eigenvalue weighted by Crippen LogP contribution is -2.41. The van der Waals surface area contributed by atoms with Gasteiger partial charge in [0.1, 0.15) is 17.4 Å². The van der Waals surface area contributed by atoms with Crippen molar-refractivity contribution in [3.63, 3.8) is 0 Å². The van der Waals surface area contributed by atoms with Crippen LogP contribution in [0.5, 0.6) is 0 Å². The van der Waals surface area contributed by atoms with Crippen molar-refractivity contribution in [3.8, 4) is 0 Å². The number of hydrogen-bond donors (Lipinski definition) is 2. The van der Waals surface area contributed by atoms with Crippen molar-refractivity contribution in [1.29, 1.82) is 0 Å². The van der Waals surface area contributed by atoms with Crippen LogP contribution in [-0.4, -0.2) is 30.4 Å². The number of carbonyl (C=O) groups is 3. The first-order valence-electron chi connectivity index (χ1n) is 8.73. The highest BCUT2D eigenvalue weighted by Gasteiger charge is 2.21. The molecule has 3 aromatic rings. The Morgan fingerprint density at radius 2 is 1.86 bits per heavy atom. The quantitative estimate of drug-likeness (QED) is 0.606. The molecule has 0 spiro atoms. The van der Waals surface area contributed by atoms with Gasteiger partial charge in [-0.25, -0.2) is 4.79 Å². The Labute approximate surface area is 160 Å². The van der Waals surface area contributed by atoms with Crippen LogP contribution in [0.4, 0.5) is 0 Å². The lowest BCUT2D eigenvalue weighted by molar-refractivity contribution is -0.150. The van der Waals surface area contributed by atoms with E-state index in [4.69, 9.17) is 13.6 Å². The number of hydrogen-bond acceptors (Lipinski definition) is 6. The van der Waals surface area contributed by atoms with E-state index in [9.17, 15) is 14.4 Å². The molecule has 0 saturated carbocycles. The first-order chi connectivity index (χ1) is 13.4. The molecule has 2 aromatic heterocycles. The smallest absolute Gasteiger partial charge is 0.328 e. The van der Waals surface area contributed by atoms with Crippen LogP contribution in [-0.2, 0) is 14.3 Å². The second-order valence-corrected chi connectivity index (χ2v) is 6.26. The number of fused-ring (bicyclic) bond motifs is 1. The van der Waals surface area contributed by atoms with Crippen LogP contribution in [0.15, 0.2) is 57.6 Å². The van der Waals surface area contributed by atoms with Crippen molar-refractivity contribution in [2.45, 2.75) is 25.9 Å². The first kappa shape index (κ1) is 19.2. The minimum absolute atomic E-state index is 0.0806. The molecule has 0 saturated heterocycles. The Morgan fingerprint density at radius 3 is 2.57 bits per heavy atom. The molecule has 0 unspecified atom stereocenters. The molecule has 0 radical (unpaired) electrons. The third-order valence-corrected chi connectivity index (χ3v) is 4.04. The van der Waals surface area contributed by atoms with Gasteiger partial charge in [0.05, 0.1) is 12.3 Å². The average molecular weight is 384 g/mol. The maximum absolute atomic E-state index is 12.0. The summed E-state index contributed by atoms with van der Waals surface area (Å²) in [4.78, 5) is 35.8. The summed E-state index contributed by atoms with van der Waals surface area (Å²) in [6.07, 6.45) is 1.35. The van der Waals surface area contributed by atoms with Crippen molar-refractivity contribution >= 4 is 28.8 Å². The van der Waals surface area contributed by atoms with Gasteiger partial charge in [-0.1, -0.05) is 18.2 Å². The lowest BCUT2D eigenvalue weighted by Gasteiger charge is -2.14. The monoisotopic (exact) mass is 384 g/mol. The van der Waals surface area contributed by atoms with Crippen LogP contribution >= 0.6 is 0 Å². The maximum Gasteiger partial charge on any atom is 0.328 e. The Kier molecular flexibility index (Phi) is 5.78.